The number of rotatable bonds is 3. The minimum Gasteiger partial charge on any atom is -0.313 e. The summed E-state index contributed by atoms with van der Waals surface area (Å²) in [5, 5.41) is 3.66. The van der Waals surface area contributed by atoms with Crippen molar-refractivity contribution in [1.29, 1.82) is 0 Å². The largest absolute Gasteiger partial charge is 0.313 e. The van der Waals surface area contributed by atoms with Gasteiger partial charge in [-0.3, -0.25) is 0 Å². The van der Waals surface area contributed by atoms with Crippen LogP contribution < -0.4 is 5.32 Å². The summed E-state index contributed by atoms with van der Waals surface area (Å²) in [6, 6.07) is 0.746. The maximum absolute atomic E-state index is 3.66. The average Bonchev–Trinajstić information content (AvgIpc) is 1.99. The van der Waals surface area contributed by atoms with E-state index in [0.717, 1.165) is 12.0 Å². The highest BCUT2D eigenvalue weighted by atomic mass is 32.2. The first-order valence-corrected chi connectivity index (χ1v) is 6.46. The highest BCUT2D eigenvalue weighted by Gasteiger charge is 2.27. The van der Waals surface area contributed by atoms with E-state index in [4.69, 9.17) is 0 Å². The molecule has 1 atom stereocenters. The van der Waals surface area contributed by atoms with Gasteiger partial charge in [-0.25, -0.2) is 0 Å². The lowest BCUT2D eigenvalue weighted by Crippen LogP contribution is -2.41. The van der Waals surface area contributed by atoms with Crippen LogP contribution in [0.15, 0.2) is 0 Å². The molecule has 1 unspecified atom stereocenters. The maximum Gasteiger partial charge on any atom is 0.0163 e. The summed E-state index contributed by atoms with van der Waals surface area (Å²) < 4.78 is 0. The van der Waals surface area contributed by atoms with Gasteiger partial charge in [0, 0.05) is 11.8 Å². The van der Waals surface area contributed by atoms with E-state index in [1.165, 1.54) is 24.5 Å². The normalized spacial score (nSPS) is 27.9. The third-order valence-corrected chi connectivity index (χ3v) is 4.05. The Morgan fingerprint density at radius 3 is 2.69 bits per heavy atom. The molecule has 0 aromatic carbocycles. The van der Waals surface area contributed by atoms with Gasteiger partial charge in [-0.05, 0) is 30.1 Å². The van der Waals surface area contributed by atoms with Gasteiger partial charge < -0.3 is 5.32 Å². The van der Waals surface area contributed by atoms with Gasteiger partial charge >= 0.3 is 0 Å². The lowest BCUT2D eigenvalue weighted by Gasteiger charge is -2.35. The van der Waals surface area contributed by atoms with Crippen LogP contribution in [-0.2, 0) is 0 Å². The second-order valence-electron chi connectivity index (χ2n) is 5.38. The summed E-state index contributed by atoms with van der Waals surface area (Å²) in [5.74, 6) is 3.40. The van der Waals surface area contributed by atoms with Crippen LogP contribution in [0.4, 0.5) is 0 Å². The van der Waals surface area contributed by atoms with Crippen LogP contribution in [-0.4, -0.2) is 24.1 Å². The number of thioether (sulfide) groups is 1. The molecule has 1 rings (SSSR count). The molecule has 2 heteroatoms. The molecule has 13 heavy (non-hydrogen) atoms. The van der Waals surface area contributed by atoms with E-state index in [1.807, 2.05) is 0 Å². The molecule has 1 aliphatic heterocycles. The van der Waals surface area contributed by atoms with E-state index in [1.54, 1.807) is 0 Å². The van der Waals surface area contributed by atoms with Gasteiger partial charge in [-0.1, -0.05) is 27.7 Å². The van der Waals surface area contributed by atoms with Gasteiger partial charge in [0.15, 0.2) is 0 Å². The molecular formula is C11H23NS. The van der Waals surface area contributed by atoms with Crippen molar-refractivity contribution in [3.8, 4) is 0 Å². The van der Waals surface area contributed by atoms with Crippen LogP contribution in [0.2, 0.25) is 0 Å². The Morgan fingerprint density at radius 1 is 1.46 bits per heavy atom. The second kappa shape index (κ2) is 4.70. The summed E-state index contributed by atoms with van der Waals surface area (Å²) in [5.41, 5.74) is 0.539. The first kappa shape index (κ1) is 11.4. The summed E-state index contributed by atoms with van der Waals surface area (Å²) in [7, 11) is 0. The summed E-state index contributed by atoms with van der Waals surface area (Å²) in [6.07, 6.45) is 1.34. The van der Waals surface area contributed by atoms with Crippen molar-refractivity contribution in [2.24, 2.45) is 11.3 Å². The molecule has 0 spiro atoms. The Morgan fingerprint density at radius 2 is 2.15 bits per heavy atom. The van der Waals surface area contributed by atoms with Crippen molar-refractivity contribution < 1.29 is 0 Å². The third kappa shape index (κ3) is 4.37. The standard InChI is InChI=1S/C11H23NS/c1-9(2)6-12-10-5-11(3,4)8-13-7-10/h9-10,12H,5-8H2,1-4H3. The highest BCUT2D eigenvalue weighted by molar-refractivity contribution is 7.99. The molecule has 1 nitrogen and oxygen atoms in total. The molecule has 1 aliphatic rings. The van der Waals surface area contributed by atoms with Crippen molar-refractivity contribution in [2.45, 2.75) is 40.2 Å². The van der Waals surface area contributed by atoms with Crippen molar-refractivity contribution in [2.75, 3.05) is 18.1 Å². The van der Waals surface area contributed by atoms with Crippen LogP contribution in [0.3, 0.4) is 0 Å². The fourth-order valence-electron chi connectivity index (χ4n) is 1.80. The van der Waals surface area contributed by atoms with Crippen LogP contribution in [0.1, 0.15) is 34.1 Å². The van der Waals surface area contributed by atoms with Gasteiger partial charge in [0.25, 0.3) is 0 Å². The number of hydrogen-bond donors (Lipinski definition) is 1. The topological polar surface area (TPSA) is 12.0 Å². The maximum atomic E-state index is 3.66. The minimum atomic E-state index is 0.539. The Hall–Kier alpha value is 0.310. The van der Waals surface area contributed by atoms with Gasteiger partial charge in [-0.15, -0.1) is 0 Å². The zero-order chi connectivity index (χ0) is 9.90. The van der Waals surface area contributed by atoms with Crippen LogP contribution in [0.5, 0.6) is 0 Å². The van der Waals surface area contributed by atoms with Crippen LogP contribution in [0, 0.1) is 11.3 Å². The molecule has 0 aliphatic carbocycles. The molecule has 0 radical (unpaired) electrons. The zero-order valence-corrected chi connectivity index (χ0v) is 10.2. The molecule has 1 heterocycles. The molecule has 0 aromatic rings. The Bertz CT molecular complexity index is 154. The summed E-state index contributed by atoms with van der Waals surface area (Å²) in [4.78, 5) is 0. The monoisotopic (exact) mass is 201 g/mol. The van der Waals surface area contributed by atoms with E-state index in [9.17, 15) is 0 Å². The number of nitrogens with one attached hydrogen (secondary N) is 1. The lowest BCUT2D eigenvalue weighted by molar-refractivity contribution is 0.311. The number of hydrogen-bond acceptors (Lipinski definition) is 2. The van der Waals surface area contributed by atoms with E-state index >= 15 is 0 Å². The van der Waals surface area contributed by atoms with Gasteiger partial charge in [0.05, 0.1) is 0 Å². The quantitative estimate of drug-likeness (QED) is 0.753. The lowest BCUT2D eigenvalue weighted by atomic mass is 9.88. The molecule has 78 valence electrons. The van der Waals surface area contributed by atoms with Gasteiger partial charge in [-0.2, -0.15) is 11.8 Å². The first-order valence-electron chi connectivity index (χ1n) is 5.31. The SMILES string of the molecule is CC(C)CNC1CSCC(C)(C)C1. The smallest absolute Gasteiger partial charge is 0.0163 e. The molecule has 1 saturated heterocycles. The molecule has 0 saturated carbocycles. The predicted octanol–water partition coefficient (Wildman–Crippen LogP) is 2.76. The van der Waals surface area contributed by atoms with Crippen molar-refractivity contribution in [3.63, 3.8) is 0 Å². The van der Waals surface area contributed by atoms with Crippen molar-refractivity contribution >= 4 is 11.8 Å². The summed E-state index contributed by atoms with van der Waals surface area (Å²) >= 11 is 2.10. The zero-order valence-electron chi connectivity index (χ0n) is 9.39. The fraction of sp³-hybridized carbons (Fsp3) is 1.00. The second-order valence-corrected chi connectivity index (χ2v) is 6.41. The third-order valence-electron chi connectivity index (χ3n) is 2.43. The van der Waals surface area contributed by atoms with E-state index in [2.05, 4.69) is 44.8 Å². The van der Waals surface area contributed by atoms with Gasteiger partial charge in [0.1, 0.15) is 0 Å². The van der Waals surface area contributed by atoms with E-state index in [0.29, 0.717) is 5.41 Å². The molecule has 0 aromatic heterocycles. The molecule has 1 N–H and O–H groups in total. The van der Waals surface area contributed by atoms with Crippen LogP contribution >= 0.6 is 11.8 Å². The van der Waals surface area contributed by atoms with Crippen molar-refractivity contribution in [1.82, 2.24) is 5.32 Å². The van der Waals surface area contributed by atoms with E-state index in [-0.39, 0.29) is 0 Å². The molecule has 0 amide bonds. The Balaban J connectivity index is 2.26. The molecular weight excluding hydrogens is 178 g/mol. The molecule has 0 bridgehead atoms. The Kier molecular flexibility index (Phi) is 4.11. The van der Waals surface area contributed by atoms with Gasteiger partial charge in [0.2, 0.25) is 0 Å². The van der Waals surface area contributed by atoms with E-state index < -0.39 is 0 Å². The van der Waals surface area contributed by atoms with Crippen LogP contribution in [0.25, 0.3) is 0 Å². The average molecular weight is 201 g/mol. The Labute approximate surface area is 87.1 Å². The molecule has 1 fully saturated rings. The first-order chi connectivity index (χ1) is 5.99. The van der Waals surface area contributed by atoms with Crippen molar-refractivity contribution in [3.05, 3.63) is 0 Å². The predicted molar refractivity (Wildman–Crippen MR) is 62.4 cm³/mol. The highest BCUT2D eigenvalue weighted by Crippen LogP contribution is 2.33. The fourth-order valence-corrected chi connectivity index (χ4v) is 3.10. The minimum absolute atomic E-state index is 0.539. The summed E-state index contributed by atoms with van der Waals surface area (Å²) in [6.45, 7) is 10.5.